The number of aromatic nitrogens is 2. The van der Waals surface area contributed by atoms with Crippen LogP contribution in [-0.2, 0) is 17.8 Å². The van der Waals surface area contributed by atoms with Crippen molar-refractivity contribution in [3.05, 3.63) is 30.1 Å². The number of hydrogen-bond acceptors (Lipinski definition) is 3. The van der Waals surface area contributed by atoms with Gasteiger partial charge in [0.15, 0.2) is 0 Å². The highest BCUT2D eigenvalue weighted by Gasteiger charge is 2.13. The molecule has 0 radical (unpaired) electrons. The topological polar surface area (TPSA) is 46.9 Å². The minimum Gasteiger partial charge on any atom is -0.328 e. The van der Waals surface area contributed by atoms with Crippen molar-refractivity contribution in [3.63, 3.8) is 0 Å². The van der Waals surface area contributed by atoms with Gasteiger partial charge < -0.3 is 9.88 Å². The van der Waals surface area contributed by atoms with Crippen LogP contribution in [0.4, 0.5) is 0 Å². The average molecular weight is 273 g/mol. The second-order valence-corrected chi connectivity index (χ2v) is 5.09. The van der Waals surface area contributed by atoms with Gasteiger partial charge in [-0.3, -0.25) is 4.79 Å². The van der Waals surface area contributed by atoms with Crippen LogP contribution in [-0.4, -0.2) is 28.9 Å². The van der Waals surface area contributed by atoms with E-state index < -0.39 is 0 Å². The van der Waals surface area contributed by atoms with E-state index in [-0.39, 0.29) is 5.78 Å². The van der Waals surface area contributed by atoms with E-state index in [1.807, 2.05) is 25.2 Å². The van der Waals surface area contributed by atoms with E-state index in [1.54, 1.807) is 0 Å². The van der Waals surface area contributed by atoms with E-state index in [2.05, 4.69) is 27.9 Å². The average Bonchev–Trinajstić information content (AvgIpc) is 2.78. The smallest absolute Gasteiger partial charge is 0.140 e. The van der Waals surface area contributed by atoms with Gasteiger partial charge in [-0.05, 0) is 38.6 Å². The molecule has 4 heteroatoms. The van der Waals surface area contributed by atoms with Crippen LogP contribution < -0.4 is 5.32 Å². The number of hydrogen-bond donors (Lipinski definition) is 1. The standard InChI is InChI=1S/C16H23N3O/c1-3-11-19-15-9-5-4-8-14(15)18-16(19)12-13(20)7-6-10-17-2/h4-5,8-9,17H,3,6-7,10-12H2,1-2H3. The number of rotatable bonds is 8. The molecule has 0 amide bonds. The molecule has 0 spiro atoms. The minimum absolute atomic E-state index is 0.271. The predicted octanol–water partition coefficient (Wildman–Crippen LogP) is 2.56. The minimum atomic E-state index is 0.271. The first-order valence-corrected chi connectivity index (χ1v) is 7.36. The van der Waals surface area contributed by atoms with E-state index >= 15 is 0 Å². The van der Waals surface area contributed by atoms with Gasteiger partial charge in [-0.2, -0.15) is 0 Å². The summed E-state index contributed by atoms with van der Waals surface area (Å²) >= 11 is 0. The monoisotopic (exact) mass is 273 g/mol. The van der Waals surface area contributed by atoms with Crippen LogP contribution >= 0.6 is 0 Å². The summed E-state index contributed by atoms with van der Waals surface area (Å²) in [6.45, 7) is 3.95. The quantitative estimate of drug-likeness (QED) is 0.752. The number of imidazole rings is 1. The number of Topliss-reactive ketones (excluding diaryl/α,β-unsaturated/α-hetero) is 1. The number of fused-ring (bicyclic) bond motifs is 1. The maximum absolute atomic E-state index is 12.0. The molecule has 2 aromatic rings. The van der Waals surface area contributed by atoms with E-state index in [1.165, 1.54) is 0 Å². The van der Waals surface area contributed by atoms with Crippen molar-refractivity contribution in [2.24, 2.45) is 0 Å². The van der Waals surface area contributed by atoms with E-state index in [0.29, 0.717) is 12.8 Å². The lowest BCUT2D eigenvalue weighted by atomic mass is 10.1. The van der Waals surface area contributed by atoms with Gasteiger partial charge in [0.25, 0.3) is 0 Å². The summed E-state index contributed by atoms with van der Waals surface area (Å²) in [6.07, 6.45) is 3.00. The number of ketones is 1. The molecule has 0 atom stereocenters. The lowest BCUT2D eigenvalue weighted by Gasteiger charge is -2.07. The van der Waals surface area contributed by atoms with Crippen LogP contribution in [0.2, 0.25) is 0 Å². The van der Waals surface area contributed by atoms with Crippen LogP contribution in [0.5, 0.6) is 0 Å². The van der Waals surface area contributed by atoms with Crippen molar-refractivity contribution < 1.29 is 4.79 Å². The molecule has 0 bridgehead atoms. The molecule has 0 unspecified atom stereocenters. The number of para-hydroxylation sites is 2. The van der Waals surface area contributed by atoms with Gasteiger partial charge in [0, 0.05) is 13.0 Å². The molecule has 0 aliphatic carbocycles. The maximum Gasteiger partial charge on any atom is 0.140 e. The zero-order chi connectivity index (χ0) is 14.4. The normalized spacial score (nSPS) is 11.1. The van der Waals surface area contributed by atoms with Gasteiger partial charge in [0.05, 0.1) is 17.5 Å². The summed E-state index contributed by atoms with van der Waals surface area (Å²) in [7, 11) is 1.91. The Hall–Kier alpha value is -1.68. The van der Waals surface area contributed by atoms with Gasteiger partial charge in [-0.1, -0.05) is 19.1 Å². The number of carbonyl (C=O) groups excluding carboxylic acids is 1. The summed E-state index contributed by atoms with van der Waals surface area (Å²) in [4.78, 5) is 16.7. The van der Waals surface area contributed by atoms with Crippen molar-refractivity contribution >= 4 is 16.8 Å². The summed E-state index contributed by atoms with van der Waals surface area (Å²) in [5, 5.41) is 3.07. The van der Waals surface area contributed by atoms with Gasteiger partial charge in [0.1, 0.15) is 11.6 Å². The van der Waals surface area contributed by atoms with Gasteiger partial charge in [0.2, 0.25) is 0 Å². The first-order chi connectivity index (χ1) is 9.76. The molecule has 0 saturated carbocycles. The molecule has 1 aromatic carbocycles. The summed E-state index contributed by atoms with van der Waals surface area (Å²) in [5.41, 5.74) is 2.12. The van der Waals surface area contributed by atoms with Crippen LogP contribution in [0.25, 0.3) is 11.0 Å². The van der Waals surface area contributed by atoms with Crippen LogP contribution in [0.3, 0.4) is 0 Å². The number of nitrogens with one attached hydrogen (secondary N) is 1. The van der Waals surface area contributed by atoms with Crippen molar-refractivity contribution in [3.8, 4) is 0 Å². The Labute approximate surface area is 120 Å². The number of aryl methyl sites for hydroxylation is 1. The highest BCUT2D eigenvalue weighted by atomic mass is 16.1. The largest absolute Gasteiger partial charge is 0.328 e. The Kier molecular flexibility index (Phi) is 5.30. The molecule has 0 fully saturated rings. The molecule has 2 rings (SSSR count). The Morgan fingerprint density at radius 2 is 2.15 bits per heavy atom. The lowest BCUT2D eigenvalue weighted by Crippen LogP contribution is -2.13. The second-order valence-electron chi connectivity index (χ2n) is 5.09. The molecule has 0 saturated heterocycles. The summed E-state index contributed by atoms with van der Waals surface area (Å²) in [5.74, 6) is 1.18. The molecule has 0 aliphatic rings. The lowest BCUT2D eigenvalue weighted by molar-refractivity contribution is -0.118. The van der Waals surface area contributed by atoms with Gasteiger partial charge in [-0.15, -0.1) is 0 Å². The van der Waals surface area contributed by atoms with Crippen LogP contribution in [0.1, 0.15) is 32.0 Å². The highest BCUT2D eigenvalue weighted by Crippen LogP contribution is 2.17. The summed E-state index contributed by atoms with van der Waals surface area (Å²) in [6, 6.07) is 8.10. The third-order valence-corrected chi connectivity index (χ3v) is 3.42. The van der Waals surface area contributed by atoms with E-state index in [4.69, 9.17) is 0 Å². The fourth-order valence-corrected chi connectivity index (χ4v) is 2.46. The molecule has 0 aliphatic heterocycles. The first-order valence-electron chi connectivity index (χ1n) is 7.36. The summed E-state index contributed by atoms with van der Waals surface area (Å²) < 4.78 is 2.19. The Balaban J connectivity index is 2.16. The van der Waals surface area contributed by atoms with Crippen molar-refractivity contribution in [2.45, 2.75) is 39.2 Å². The van der Waals surface area contributed by atoms with Gasteiger partial charge >= 0.3 is 0 Å². The molecule has 20 heavy (non-hydrogen) atoms. The Morgan fingerprint density at radius 3 is 2.90 bits per heavy atom. The Bertz CT molecular complexity index is 574. The third kappa shape index (κ3) is 3.45. The molecular formula is C16H23N3O. The Morgan fingerprint density at radius 1 is 1.35 bits per heavy atom. The molecular weight excluding hydrogens is 250 g/mol. The van der Waals surface area contributed by atoms with Gasteiger partial charge in [-0.25, -0.2) is 4.98 Å². The van der Waals surface area contributed by atoms with Crippen LogP contribution in [0, 0.1) is 0 Å². The number of nitrogens with zero attached hydrogens (tertiary/aromatic N) is 2. The third-order valence-electron chi connectivity index (χ3n) is 3.42. The van der Waals surface area contributed by atoms with Crippen LogP contribution in [0.15, 0.2) is 24.3 Å². The molecule has 4 nitrogen and oxygen atoms in total. The second kappa shape index (κ2) is 7.20. The van der Waals surface area contributed by atoms with Crippen molar-refractivity contribution in [1.82, 2.24) is 14.9 Å². The van der Waals surface area contributed by atoms with E-state index in [9.17, 15) is 4.79 Å². The zero-order valence-corrected chi connectivity index (χ0v) is 12.4. The zero-order valence-electron chi connectivity index (χ0n) is 12.4. The maximum atomic E-state index is 12.0. The SMILES string of the molecule is CCCn1c(CC(=O)CCCNC)nc2ccccc21. The number of carbonyl (C=O) groups is 1. The molecule has 1 N–H and O–H groups in total. The van der Waals surface area contributed by atoms with Crippen molar-refractivity contribution in [2.75, 3.05) is 13.6 Å². The van der Waals surface area contributed by atoms with Crippen molar-refractivity contribution in [1.29, 1.82) is 0 Å². The molecule has 1 aromatic heterocycles. The predicted molar refractivity (Wildman–Crippen MR) is 81.9 cm³/mol. The molecule has 108 valence electrons. The fraction of sp³-hybridized carbons (Fsp3) is 0.500. The molecule has 1 heterocycles. The fourth-order valence-electron chi connectivity index (χ4n) is 2.46. The highest BCUT2D eigenvalue weighted by molar-refractivity contribution is 5.82. The number of benzene rings is 1. The van der Waals surface area contributed by atoms with E-state index in [0.717, 1.165) is 42.8 Å². The first kappa shape index (κ1) is 14.7.